The number of hydrogen-bond acceptors (Lipinski definition) is 8. The molecule has 3 N–H and O–H groups in total. The van der Waals surface area contributed by atoms with Gasteiger partial charge in [0.2, 0.25) is 0 Å². The Morgan fingerprint density at radius 1 is 0.561 bits per heavy atom. The van der Waals surface area contributed by atoms with Gasteiger partial charge in [-0.05, 0) is 89.9 Å². The monoisotopic (exact) mass is 821 g/mol. The Labute approximate surface area is 347 Å². The highest BCUT2D eigenvalue weighted by Gasteiger charge is 2.26. The highest BCUT2D eigenvalue weighted by Crippen LogP contribution is 2.43. The van der Waals surface area contributed by atoms with Crippen molar-refractivity contribution in [3.63, 3.8) is 0 Å². The van der Waals surface area contributed by atoms with Gasteiger partial charge in [-0.2, -0.15) is 0 Å². The van der Waals surface area contributed by atoms with Gasteiger partial charge < -0.3 is 24.6 Å². The van der Waals surface area contributed by atoms with Gasteiger partial charge in [0.1, 0.15) is 12.2 Å². The molecule has 0 rings (SSSR count). The average Bonchev–Trinajstić information content (AvgIpc) is 3.20. The highest BCUT2D eigenvalue weighted by molar-refractivity contribution is 7.47. The quantitative estimate of drug-likeness (QED) is 0.0239. The van der Waals surface area contributed by atoms with E-state index in [1.165, 1.54) is 38.5 Å². The molecular weight excluding hydrogens is 739 g/mol. The first-order valence-electron chi connectivity index (χ1n) is 22.1. The summed E-state index contributed by atoms with van der Waals surface area (Å²) < 4.78 is 33.3. The number of unbranched alkanes of at least 4 members (excludes halogenated alkanes) is 13. The van der Waals surface area contributed by atoms with Crippen LogP contribution in [0.1, 0.15) is 162 Å². The van der Waals surface area contributed by atoms with E-state index >= 15 is 0 Å². The number of allylic oxidation sites excluding steroid dienone is 14. The number of hydrogen-bond donors (Lipinski definition) is 3. The summed E-state index contributed by atoms with van der Waals surface area (Å²) in [5.74, 6) is -0.408. The van der Waals surface area contributed by atoms with Gasteiger partial charge in [0.05, 0.1) is 26.4 Å². The number of aliphatic hydroxyl groups excluding tert-OH is 2. The number of phosphoric acid groups is 1. The van der Waals surface area contributed by atoms with Crippen molar-refractivity contribution < 1.29 is 43.0 Å². The lowest BCUT2D eigenvalue weighted by molar-refractivity contribution is -0.154. The summed E-state index contributed by atoms with van der Waals surface area (Å²) in [6, 6.07) is 0. The molecule has 0 aromatic carbocycles. The summed E-state index contributed by atoms with van der Waals surface area (Å²) in [6.07, 6.45) is 52.6. The van der Waals surface area contributed by atoms with Gasteiger partial charge in [-0.15, -0.1) is 0 Å². The Kier molecular flexibility index (Phi) is 41.4. The maximum absolute atomic E-state index is 12.6. The Morgan fingerprint density at radius 2 is 1.00 bits per heavy atom. The zero-order chi connectivity index (χ0) is 41.8. The molecule has 0 aromatic heterocycles. The first-order chi connectivity index (χ1) is 27.8. The number of carbonyl (C=O) groups excluding carboxylic acids is 1. The fourth-order valence-electron chi connectivity index (χ4n) is 5.47. The smallest absolute Gasteiger partial charge is 0.457 e. The first-order valence-corrected chi connectivity index (χ1v) is 23.6. The molecule has 3 atom stereocenters. The van der Waals surface area contributed by atoms with Crippen LogP contribution in [-0.2, 0) is 27.9 Å². The molecule has 0 aliphatic carbocycles. The number of phosphoric ester groups is 1. The second kappa shape index (κ2) is 43.2. The lowest BCUT2D eigenvalue weighted by Crippen LogP contribution is -2.29. The number of esters is 1. The predicted octanol–water partition coefficient (Wildman–Crippen LogP) is 12.3. The van der Waals surface area contributed by atoms with Gasteiger partial charge in [0.15, 0.2) is 0 Å². The molecule has 0 bridgehead atoms. The van der Waals surface area contributed by atoms with Crippen molar-refractivity contribution in [1.82, 2.24) is 0 Å². The van der Waals surface area contributed by atoms with E-state index in [0.29, 0.717) is 13.0 Å². The van der Waals surface area contributed by atoms with E-state index in [2.05, 4.69) is 98.9 Å². The molecule has 0 aromatic rings. The minimum atomic E-state index is -4.53. The van der Waals surface area contributed by atoms with Crippen LogP contribution in [0.2, 0.25) is 0 Å². The van der Waals surface area contributed by atoms with Gasteiger partial charge in [-0.25, -0.2) is 4.57 Å². The number of ether oxygens (including phenoxy) is 2. The van der Waals surface area contributed by atoms with E-state index in [1.54, 1.807) is 0 Å². The minimum absolute atomic E-state index is 0.0183. The maximum Gasteiger partial charge on any atom is 0.472 e. The highest BCUT2D eigenvalue weighted by atomic mass is 31.2. The second-order valence-electron chi connectivity index (χ2n) is 14.3. The molecule has 57 heavy (non-hydrogen) atoms. The van der Waals surface area contributed by atoms with Crippen LogP contribution >= 0.6 is 7.82 Å². The molecule has 0 heterocycles. The average molecular weight is 821 g/mol. The fourth-order valence-corrected chi connectivity index (χ4v) is 6.26. The van der Waals surface area contributed by atoms with Crippen molar-refractivity contribution in [2.24, 2.45) is 0 Å². The van der Waals surface area contributed by atoms with E-state index in [0.717, 1.165) is 96.3 Å². The maximum atomic E-state index is 12.6. The topological polar surface area (TPSA) is 132 Å². The van der Waals surface area contributed by atoms with E-state index in [-0.39, 0.29) is 13.0 Å². The molecule has 0 spiro atoms. The van der Waals surface area contributed by atoms with E-state index < -0.39 is 45.8 Å². The molecule has 0 amide bonds. The molecule has 0 saturated carbocycles. The summed E-state index contributed by atoms with van der Waals surface area (Å²) in [4.78, 5) is 22.6. The van der Waals surface area contributed by atoms with Crippen LogP contribution in [0.15, 0.2) is 85.1 Å². The van der Waals surface area contributed by atoms with Crippen LogP contribution in [-0.4, -0.2) is 66.3 Å². The number of aliphatic hydroxyl groups is 2. The van der Waals surface area contributed by atoms with Crippen LogP contribution in [0.4, 0.5) is 0 Å². The van der Waals surface area contributed by atoms with Crippen LogP contribution in [0.25, 0.3) is 0 Å². The summed E-state index contributed by atoms with van der Waals surface area (Å²) in [5, 5.41) is 18.3. The van der Waals surface area contributed by atoms with Crippen molar-refractivity contribution in [3.8, 4) is 0 Å². The largest absolute Gasteiger partial charge is 0.472 e. The molecule has 10 heteroatoms. The summed E-state index contributed by atoms with van der Waals surface area (Å²) in [7, 11) is -4.53. The molecule has 0 radical (unpaired) electrons. The first kappa shape index (κ1) is 54.6. The molecule has 328 valence electrons. The van der Waals surface area contributed by atoms with Crippen molar-refractivity contribution in [1.29, 1.82) is 0 Å². The molecule has 0 fully saturated rings. The Morgan fingerprint density at radius 3 is 1.53 bits per heavy atom. The zero-order valence-electron chi connectivity index (χ0n) is 35.8. The van der Waals surface area contributed by atoms with Gasteiger partial charge in [0.25, 0.3) is 0 Å². The van der Waals surface area contributed by atoms with Gasteiger partial charge in [-0.1, -0.05) is 150 Å². The third-order valence-corrected chi connectivity index (χ3v) is 9.77. The molecule has 0 saturated heterocycles. The molecule has 0 aliphatic rings. The van der Waals surface area contributed by atoms with Gasteiger partial charge >= 0.3 is 13.8 Å². The van der Waals surface area contributed by atoms with Crippen molar-refractivity contribution in [2.75, 3.05) is 33.0 Å². The fraction of sp³-hybridized carbons (Fsp3) is 0.681. The van der Waals surface area contributed by atoms with Gasteiger partial charge in [0, 0.05) is 13.0 Å². The molecule has 3 unspecified atom stereocenters. The van der Waals surface area contributed by atoms with Crippen molar-refractivity contribution in [2.45, 2.75) is 174 Å². The zero-order valence-corrected chi connectivity index (χ0v) is 36.7. The van der Waals surface area contributed by atoms with Crippen molar-refractivity contribution in [3.05, 3.63) is 85.1 Å². The molecule has 9 nitrogen and oxygen atoms in total. The van der Waals surface area contributed by atoms with E-state index in [1.807, 2.05) is 0 Å². The third kappa shape index (κ3) is 43.1. The van der Waals surface area contributed by atoms with E-state index in [4.69, 9.17) is 23.6 Å². The molecular formula is C47H81O9P. The lowest BCUT2D eigenvalue weighted by atomic mass is 10.1. The number of rotatable bonds is 41. The minimum Gasteiger partial charge on any atom is -0.457 e. The van der Waals surface area contributed by atoms with Gasteiger partial charge in [-0.3, -0.25) is 13.8 Å². The van der Waals surface area contributed by atoms with Crippen LogP contribution in [0.3, 0.4) is 0 Å². The predicted molar refractivity (Wildman–Crippen MR) is 237 cm³/mol. The number of carbonyl (C=O) groups is 1. The standard InChI is InChI=1S/C47H81O9P/c1-3-5-7-9-11-13-15-17-19-20-21-22-23-24-25-26-28-30-32-34-36-38-40-53-43-46(44-55-57(51,52)54-42-45(49)41-48)56-47(50)39-37-35-33-31-29-27-18-16-14-12-10-8-6-4-2/h5,7,11,13,16-19,21-22,24-25,28,30,45-46,48-49H,3-4,6,8-10,12,14-15,20,23,26-27,29,31-44H2,1-2H3,(H,51,52)/b7-5-,13-11-,18-16-,19-17-,22-21-,25-24-,30-28-. The third-order valence-electron chi connectivity index (χ3n) is 8.81. The summed E-state index contributed by atoms with van der Waals surface area (Å²) in [5.41, 5.74) is 0. The molecule has 0 aliphatic heterocycles. The Hall–Kier alpha value is -2.36. The van der Waals surface area contributed by atoms with Crippen LogP contribution in [0, 0.1) is 0 Å². The summed E-state index contributed by atoms with van der Waals surface area (Å²) >= 11 is 0. The lowest BCUT2D eigenvalue weighted by Gasteiger charge is -2.20. The second-order valence-corrected chi connectivity index (χ2v) is 15.8. The summed E-state index contributed by atoms with van der Waals surface area (Å²) in [6.45, 7) is 3.28. The van der Waals surface area contributed by atoms with E-state index in [9.17, 15) is 19.4 Å². The Balaban J connectivity index is 4.26. The SMILES string of the molecule is CC/C=C\C/C=C\C/C=C\C/C=C\C/C=C\C/C=C\CCCCCOCC(COP(=O)(O)OCC(O)CO)OC(=O)CCCCCCC/C=C\CCCCCCC. The Bertz CT molecular complexity index is 1160. The van der Waals surface area contributed by atoms with Crippen LogP contribution in [0.5, 0.6) is 0 Å². The van der Waals surface area contributed by atoms with Crippen LogP contribution < -0.4 is 0 Å². The normalized spacial score (nSPS) is 14.8. The van der Waals surface area contributed by atoms with Crippen molar-refractivity contribution >= 4 is 13.8 Å².